The first kappa shape index (κ1) is 31.9. The summed E-state index contributed by atoms with van der Waals surface area (Å²) in [6, 6.07) is 0. The van der Waals surface area contributed by atoms with Crippen LogP contribution in [-0.2, 0) is 38.0 Å². The van der Waals surface area contributed by atoms with E-state index in [0.717, 1.165) is 25.7 Å². The van der Waals surface area contributed by atoms with E-state index in [2.05, 4.69) is 39.8 Å². The predicted octanol–water partition coefficient (Wildman–Crippen LogP) is 5.10. The van der Waals surface area contributed by atoms with Crippen LogP contribution in [-0.4, -0.2) is 77.3 Å². The van der Waals surface area contributed by atoms with Crippen LogP contribution in [0.25, 0.3) is 0 Å². The van der Waals surface area contributed by atoms with Gasteiger partial charge >= 0.3 is 11.9 Å². The normalized spacial score (nSPS) is 48.3. The van der Waals surface area contributed by atoms with Gasteiger partial charge in [0.15, 0.2) is 17.5 Å². The molecule has 12 atom stereocenters. The number of epoxide rings is 1. The number of aliphatic hydroxyl groups is 1. The maximum absolute atomic E-state index is 14.2. The Kier molecular flexibility index (Phi) is 8.67. The van der Waals surface area contributed by atoms with Crippen molar-refractivity contribution in [2.45, 2.75) is 147 Å². The average molecular weight is 615 g/mol. The topological polar surface area (TPSA) is 113 Å². The van der Waals surface area contributed by atoms with Crippen molar-refractivity contribution in [2.24, 2.45) is 17.8 Å². The van der Waals surface area contributed by atoms with Gasteiger partial charge in [-0.2, -0.15) is 0 Å². The summed E-state index contributed by atoms with van der Waals surface area (Å²) < 4.78 is 38.0. The van der Waals surface area contributed by atoms with Gasteiger partial charge < -0.3 is 33.5 Å². The zero-order valence-electron chi connectivity index (χ0n) is 27.1. The van der Waals surface area contributed by atoms with Gasteiger partial charge in [-0.15, -0.1) is 0 Å². The zero-order valence-corrected chi connectivity index (χ0v) is 27.1. The SMILES string of the molecule is CCC(=O)O[C@@H]1C(C)=C[C@H]2C(=O)O[C@H]3C[C@@H](C/C=C(/C)C[C@@H](C)C=C[C@@H]4O[C@]45CO[C@H]1[C@]25O)O[C@@]1(CC[C@H](C)[C@@H](CC)O1)C3. The van der Waals surface area contributed by atoms with E-state index >= 15 is 0 Å². The lowest BCUT2D eigenvalue weighted by Crippen LogP contribution is -2.64. The second-order valence-electron chi connectivity index (χ2n) is 14.2. The molecule has 0 aromatic carbocycles. The highest BCUT2D eigenvalue weighted by molar-refractivity contribution is 5.78. The molecule has 1 aliphatic carbocycles. The summed E-state index contributed by atoms with van der Waals surface area (Å²) in [5, 5.41) is 12.6. The number of fused-ring (bicyclic) bond motifs is 2. The average Bonchev–Trinajstić information content (AvgIpc) is 3.63. The largest absolute Gasteiger partial charge is 0.462 e. The Morgan fingerprint density at radius 3 is 2.66 bits per heavy atom. The van der Waals surface area contributed by atoms with E-state index in [4.69, 9.17) is 28.4 Å². The Morgan fingerprint density at radius 1 is 1.11 bits per heavy atom. The van der Waals surface area contributed by atoms with Crippen molar-refractivity contribution in [1.29, 1.82) is 0 Å². The summed E-state index contributed by atoms with van der Waals surface area (Å²) in [5.74, 6) is -2.15. The molecule has 6 aliphatic rings. The molecule has 244 valence electrons. The highest BCUT2D eigenvalue weighted by atomic mass is 16.7. The fourth-order valence-electron chi connectivity index (χ4n) is 8.32. The van der Waals surface area contributed by atoms with E-state index in [9.17, 15) is 14.7 Å². The number of hydrogen-bond acceptors (Lipinski definition) is 9. The lowest BCUT2D eigenvalue weighted by atomic mass is 9.67. The Bertz CT molecular complexity index is 1220. The van der Waals surface area contributed by atoms with Crippen LogP contribution in [0.15, 0.2) is 35.5 Å². The molecule has 0 aromatic rings. The molecule has 0 aromatic heterocycles. The second-order valence-corrected chi connectivity index (χ2v) is 14.2. The summed E-state index contributed by atoms with van der Waals surface area (Å²) in [6.07, 6.45) is 10.6. The lowest BCUT2D eigenvalue weighted by Gasteiger charge is -2.50. The van der Waals surface area contributed by atoms with Crippen LogP contribution in [0, 0.1) is 17.8 Å². The summed E-state index contributed by atoms with van der Waals surface area (Å²) in [7, 11) is 0. The van der Waals surface area contributed by atoms with E-state index in [1.54, 1.807) is 19.9 Å². The molecule has 0 radical (unpaired) electrons. The highest BCUT2D eigenvalue weighted by Gasteiger charge is 2.80. The smallest absolute Gasteiger partial charge is 0.316 e. The lowest BCUT2D eigenvalue weighted by molar-refractivity contribution is -0.335. The Balaban J connectivity index is 1.37. The van der Waals surface area contributed by atoms with Crippen LogP contribution in [0.1, 0.15) is 92.9 Å². The van der Waals surface area contributed by atoms with Gasteiger partial charge in [-0.1, -0.05) is 57.6 Å². The van der Waals surface area contributed by atoms with Gasteiger partial charge in [-0.25, -0.2) is 0 Å². The molecule has 6 rings (SSSR count). The Hall–Kier alpha value is -2.04. The minimum Gasteiger partial charge on any atom is -0.462 e. The third-order valence-electron chi connectivity index (χ3n) is 10.9. The molecule has 2 spiro atoms. The van der Waals surface area contributed by atoms with Crippen molar-refractivity contribution in [3.05, 3.63) is 35.5 Å². The molecule has 2 bridgehead atoms. The molecular weight excluding hydrogens is 564 g/mol. The van der Waals surface area contributed by atoms with E-state index in [0.29, 0.717) is 30.8 Å². The van der Waals surface area contributed by atoms with E-state index in [1.807, 2.05) is 6.08 Å². The molecule has 1 N–H and O–H groups in total. The molecule has 5 aliphatic heterocycles. The van der Waals surface area contributed by atoms with Crippen molar-refractivity contribution in [3.63, 3.8) is 0 Å². The minimum atomic E-state index is -1.79. The van der Waals surface area contributed by atoms with Crippen molar-refractivity contribution >= 4 is 11.9 Å². The molecular formula is C35H50O9. The van der Waals surface area contributed by atoms with E-state index in [1.165, 1.54) is 5.57 Å². The number of rotatable bonds is 3. The molecule has 5 heterocycles. The standard InChI is InChI=1S/C35H50O9/c1-7-27-22(5)13-14-33(43-27)18-25-17-24(42-33)11-9-20(3)15-21(4)10-12-28-34(44-28)19-39-31-30(41-29(36)8-2)23(6)16-26(32(37)40-25)35(31,34)38/h9-10,12,16,21-22,24-28,30-31,38H,7-8,11,13-15,17-19H2,1-6H3/b12-10?,20-9-/t21-,22-,24+,25-,26-,27+,28-,30+,31+,33+,34+,35+/m0/s1. The van der Waals surface area contributed by atoms with Crippen LogP contribution in [0.3, 0.4) is 0 Å². The molecule has 0 amide bonds. The summed E-state index contributed by atoms with van der Waals surface area (Å²) in [4.78, 5) is 26.7. The molecule has 0 saturated carbocycles. The van der Waals surface area contributed by atoms with Crippen LogP contribution >= 0.6 is 0 Å². The molecule has 4 fully saturated rings. The fraction of sp³-hybridized carbons (Fsp3) is 0.771. The second kappa shape index (κ2) is 12.0. The van der Waals surface area contributed by atoms with E-state index < -0.39 is 59.3 Å². The predicted molar refractivity (Wildman–Crippen MR) is 161 cm³/mol. The molecule has 0 unspecified atom stereocenters. The first-order chi connectivity index (χ1) is 20.9. The van der Waals surface area contributed by atoms with E-state index in [-0.39, 0.29) is 31.2 Å². The fourth-order valence-corrected chi connectivity index (χ4v) is 8.32. The first-order valence-corrected chi connectivity index (χ1v) is 16.7. The molecule has 4 saturated heterocycles. The van der Waals surface area contributed by atoms with Crippen molar-refractivity contribution in [3.8, 4) is 0 Å². The molecule has 9 heteroatoms. The third-order valence-corrected chi connectivity index (χ3v) is 10.9. The van der Waals surface area contributed by atoms with Gasteiger partial charge in [0.2, 0.25) is 0 Å². The number of ether oxygens (including phenoxy) is 6. The number of allylic oxidation sites excluding steroid dienone is 2. The Morgan fingerprint density at radius 2 is 1.91 bits per heavy atom. The summed E-state index contributed by atoms with van der Waals surface area (Å²) in [6.45, 7) is 12.3. The van der Waals surface area contributed by atoms with Crippen LogP contribution in [0.5, 0.6) is 0 Å². The number of carbonyl (C=O) groups excluding carboxylic acids is 2. The summed E-state index contributed by atoms with van der Waals surface area (Å²) >= 11 is 0. The number of esters is 2. The third kappa shape index (κ3) is 5.51. The van der Waals surface area contributed by atoms with Crippen molar-refractivity contribution in [2.75, 3.05) is 6.61 Å². The van der Waals surface area contributed by atoms with Gasteiger partial charge in [0.25, 0.3) is 0 Å². The minimum absolute atomic E-state index is 0.0778. The first-order valence-electron chi connectivity index (χ1n) is 16.7. The molecule has 44 heavy (non-hydrogen) atoms. The summed E-state index contributed by atoms with van der Waals surface area (Å²) in [5.41, 5.74) is -1.03. The monoisotopic (exact) mass is 614 g/mol. The van der Waals surface area contributed by atoms with Crippen molar-refractivity contribution < 1.29 is 43.1 Å². The molecule has 9 nitrogen and oxygen atoms in total. The van der Waals surface area contributed by atoms with Gasteiger partial charge in [0.05, 0.1) is 18.8 Å². The van der Waals surface area contributed by atoms with Gasteiger partial charge in [-0.05, 0) is 56.9 Å². The highest BCUT2D eigenvalue weighted by Crippen LogP contribution is 2.59. The van der Waals surface area contributed by atoms with Crippen molar-refractivity contribution in [1.82, 2.24) is 0 Å². The van der Waals surface area contributed by atoms with Gasteiger partial charge in [0, 0.05) is 25.7 Å². The maximum atomic E-state index is 14.2. The van der Waals surface area contributed by atoms with Gasteiger partial charge in [-0.3, -0.25) is 9.59 Å². The maximum Gasteiger partial charge on any atom is 0.316 e. The van der Waals surface area contributed by atoms with Crippen LogP contribution < -0.4 is 0 Å². The van der Waals surface area contributed by atoms with Crippen LogP contribution in [0.4, 0.5) is 0 Å². The van der Waals surface area contributed by atoms with Gasteiger partial charge in [0.1, 0.15) is 29.8 Å². The number of hydrogen-bond donors (Lipinski definition) is 1. The zero-order chi connectivity index (χ0) is 31.4. The van der Waals surface area contributed by atoms with Crippen LogP contribution in [0.2, 0.25) is 0 Å². The Labute approximate surface area is 261 Å². The quantitative estimate of drug-likeness (QED) is 0.264. The number of carbonyl (C=O) groups is 2.